The molecule has 9 heteroatoms. The van der Waals surface area contributed by atoms with Crippen LogP contribution in [0.15, 0.2) is 55.2 Å². The van der Waals surface area contributed by atoms with Crippen molar-refractivity contribution in [1.29, 1.82) is 0 Å². The lowest BCUT2D eigenvalue weighted by Crippen LogP contribution is -2.28. The van der Waals surface area contributed by atoms with Crippen LogP contribution in [0.2, 0.25) is 0 Å². The summed E-state index contributed by atoms with van der Waals surface area (Å²) in [4.78, 5) is 24.4. The smallest absolute Gasteiger partial charge is 0.354 e. The molecule has 2 heterocycles. The van der Waals surface area contributed by atoms with Crippen molar-refractivity contribution in [3.63, 3.8) is 0 Å². The first-order valence-electron chi connectivity index (χ1n) is 8.14. The van der Waals surface area contributed by atoms with Gasteiger partial charge in [0.1, 0.15) is 5.69 Å². The number of carbonyl (C=O) groups is 1. The highest BCUT2D eigenvalue weighted by atomic mass is 19.4. The lowest BCUT2D eigenvalue weighted by Gasteiger charge is -2.10. The first kappa shape index (κ1) is 18.6. The molecule has 0 atom stereocenters. The van der Waals surface area contributed by atoms with Crippen molar-refractivity contribution < 1.29 is 18.0 Å². The number of imidazole rings is 1. The van der Waals surface area contributed by atoms with Gasteiger partial charge < -0.3 is 9.88 Å². The first-order chi connectivity index (χ1) is 12.9. The molecule has 0 aliphatic rings. The van der Waals surface area contributed by atoms with Crippen molar-refractivity contribution in [2.24, 2.45) is 0 Å². The molecule has 1 aromatic carbocycles. The summed E-state index contributed by atoms with van der Waals surface area (Å²) >= 11 is 0. The van der Waals surface area contributed by atoms with E-state index in [2.05, 4.69) is 20.3 Å². The summed E-state index contributed by atoms with van der Waals surface area (Å²) in [7, 11) is 0. The summed E-state index contributed by atoms with van der Waals surface area (Å²) in [6.45, 7) is 0.752. The van der Waals surface area contributed by atoms with E-state index < -0.39 is 11.7 Å². The zero-order valence-corrected chi connectivity index (χ0v) is 14.1. The molecule has 0 saturated heterocycles. The maximum Gasteiger partial charge on any atom is 0.416 e. The summed E-state index contributed by atoms with van der Waals surface area (Å²) in [6.07, 6.45) is 3.54. The molecular weight excluding hydrogens is 359 g/mol. The molecule has 3 aromatic rings. The third-order valence-corrected chi connectivity index (χ3v) is 3.80. The number of nitrogens with zero attached hydrogens (tertiary/aromatic N) is 4. The van der Waals surface area contributed by atoms with Gasteiger partial charge in [0.15, 0.2) is 5.82 Å². The Hall–Kier alpha value is -3.23. The van der Waals surface area contributed by atoms with Crippen LogP contribution < -0.4 is 5.32 Å². The minimum Gasteiger partial charge on any atom is -0.354 e. The molecular formula is C18H16F3N5O. The number of hydrogen-bond acceptors (Lipinski definition) is 4. The highest BCUT2D eigenvalue weighted by molar-refractivity contribution is 5.78. The minimum atomic E-state index is -4.43. The molecule has 0 fully saturated rings. The van der Waals surface area contributed by atoms with Gasteiger partial charge in [0.2, 0.25) is 5.91 Å². The molecule has 0 saturated carbocycles. The molecule has 0 bridgehead atoms. The van der Waals surface area contributed by atoms with Gasteiger partial charge in [0.25, 0.3) is 0 Å². The Morgan fingerprint density at radius 2 is 2.00 bits per heavy atom. The quantitative estimate of drug-likeness (QED) is 0.719. The molecule has 6 nitrogen and oxygen atoms in total. The lowest BCUT2D eigenvalue weighted by atomic mass is 10.1. The predicted octanol–water partition coefficient (Wildman–Crippen LogP) is 2.72. The molecule has 1 amide bonds. The largest absolute Gasteiger partial charge is 0.416 e. The van der Waals surface area contributed by atoms with Crippen molar-refractivity contribution in [2.45, 2.75) is 19.1 Å². The van der Waals surface area contributed by atoms with Gasteiger partial charge in [-0.1, -0.05) is 18.2 Å². The Labute approximate surface area is 153 Å². The SMILES string of the molecule is O=C(Cc1cccc(C(F)(F)F)c1)NCCn1ccnc1-c1cnccn1. The molecule has 3 rings (SSSR count). The highest BCUT2D eigenvalue weighted by Gasteiger charge is 2.30. The van der Waals surface area contributed by atoms with Crippen LogP contribution in [-0.2, 0) is 23.9 Å². The molecule has 0 aliphatic heterocycles. The maximum atomic E-state index is 12.7. The van der Waals surface area contributed by atoms with E-state index in [0.717, 1.165) is 12.1 Å². The lowest BCUT2D eigenvalue weighted by molar-refractivity contribution is -0.137. The Bertz CT molecular complexity index is 909. The number of halogens is 3. The van der Waals surface area contributed by atoms with Crippen LogP contribution in [0.25, 0.3) is 11.5 Å². The zero-order valence-electron chi connectivity index (χ0n) is 14.1. The fourth-order valence-corrected chi connectivity index (χ4v) is 2.56. The number of nitrogens with one attached hydrogen (secondary N) is 1. The fourth-order valence-electron chi connectivity index (χ4n) is 2.56. The average Bonchev–Trinajstić information content (AvgIpc) is 3.10. The van der Waals surface area contributed by atoms with E-state index in [0.29, 0.717) is 30.2 Å². The standard InChI is InChI=1S/C18H16F3N5O/c19-18(20,21)14-3-1-2-13(10-14)11-16(27)24-6-8-26-9-7-25-17(26)15-12-22-4-5-23-15/h1-5,7,9-10,12H,6,8,11H2,(H,24,27). The van der Waals surface area contributed by atoms with Crippen LogP contribution in [0, 0.1) is 0 Å². The van der Waals surface area contributed by atoms with Gasteiger partial charge >= 0.3 is 6.18 Å². The Morgan fingerprint density at radius 3 is 2.74 bits per heavy atom. The normalized spacial score (nSPS) is 11.4. The Kier molecular flexibility index (Phi) is 5.49. The Morgan fingerprint density at radius 1 is 1.15 bits per heavy atom. The van der Waals surface area contributed by atoms with Crippen LogP contribution in [-0.4, -0.2) is 32.0 Å². The number of rotatable bonds is 6. The van der Waals surface area contributed by atoms with Crippen molar-refractivity contribution in [2.75, 3.05) is 6.54 Å². The molecule has 27 heavy (non-hydrogen) atoms. The Balaban J connectivity index is 1.55. The van der Waals surface area contributed by atoms with E-state index in [1.807, 2.05) is 4.57 Å². The molecule has 0 unspecified atom stereocenters. The summed E-state index contributed by atoms with van der Waals surface area (Å²) < 4.78 is 40.0. The van der Waals surface area contributed by atoms with Crippen molar-refractivity contribution in [3.8, 4) is 11.5 Å². The van der Waals surface area contributed by atoms with E-state index >= 15 is 0 Å². The number of benzene rings is 1. The van der Waals surface area contributed by atoms with Crippen LogP contribution in [0.4, 0.5) is 13.2 Å². The second-order valence-electron chi connectivity index (χ2n) is 5.76. The van der Waals surface area contributed by atoms with Crippen LogP contribution in [0.3, 0.4) is 0 Å². The summed E-state index contributed by atoms with van der Waals surface area (Å²) in [5.41, 5.74) is 0.155. The molecule has 1 N–H and O–H groups in total. The van der Waals surface area contributed by atoms with Gasteiger partial charge in [0.05, 0.1) is 18.2 Å². The van der Waals surface area contributed by atoms with Crippen molar-refractivity contribution >= 4 is 5.91 Å². The summed E-state index contributed by atoms with van der Waals surface area (Å²) in [5.74, 6) is 0.269. The molecule has 0 aliphatic carbocycles. The zero-order chi connectivity index (χ0) is 19.3. The van der Waals surface area contributed by atoms with Crippen LogP contribution >= 0.6 is 0 Å². The highest BCUT2D eigenvalue weighted by Crippen LogP contribution is 2.29. The van der Waals surface area contributed by atoms with Crippen molar-refractivity contribution in [3.05, 3.63) is 66.4 Å². The number of alkyl halides is 3. The molecule has 0 radical (unpaired) electrons. The number of aromatic nitrogens is 4. The topological polar surface area (TPSA) is 72.7 Å². The molecule has 140 valence electrons. The molecule has 0 spiro atoms. The van der Waals surface area contributed by atoms with E-state index in [9.17, 15) is 18.0 Å². The maximum absolute atomic E-state index is 12.7. The van der Waals surface area contributed by atoms with E-state index in [-0.39, 0.29) is 12.3 Å². The average molecular weight is 375 g/mol. The fraction of sp³-hybridized carbons (Fsp3) is 0.222. The van der Waals surface area contributed by atoms with Gasteiger partial charge in [-0.3, -0.25) is 9.78 Å². The number of hydrogen-bond donors (Lipinski definition) is 1. The van der Waals surface area contributed by atoms with Gasteiger partial charge in [0, 0.05) is 37.9 Å². The first-order valence-corrected chi connectivity index (χ1v) is 8.14. The minimum absolute atomic E-state index is 0.120. The third kappa shape index (κ3) is 4.90. The van der Waals surface area contributed by atoms with E-state index in [1.54, 1.807) is 31.0 Å². The number of amides is 1. The van der Waals surface area contributed by atoms with Crippen LogP contribution in [0.5, 0.6) is 0 Å². The van der Waals surface area contributed by atoms with Gasteiger partial charge in [-0.2, -0.15) is 13.2 Å². The van der Waals surface area contributed by atoms with E-state index in [1.165, 1.54) is 12.1 Å². The summed E-state index contributed by atoms with van der Waals surface area (Å²) in [6, 6.07) is 4.76. The van der Waals surface area contributed by atoms with Gasteiger partial charge in [-0.25, -0.2) is 9.97 Å². The second-order valence-corrected chi connectivity index (χ2v) is 5.76. The van der Waals surface area contributed by atoms with Gasteiger partial charge in [-0.05, 0) is 11.6 Å². The monoisotopic (exact) mass is 375 g/mol. The second kappa shape index (κ2) is 7.98. The van der Waals surface area contributed by atoms with Crippen molar-refractivity contribution in [1.82, 2.24) is 24.8 Å². The molecule has 2 aromatic heterocycles. The third-order valence-electron chi connectivity index (χ3n) is 3.80. The number of carbonyl (C=O) groups excluding carboxylic acids is 1. The van der Waals surface area contributed by atoms with Gasteiger partial charge in [-0.15, -0.1) is 0 Å². The summed E-state index contributed by atoms with van der Waals surface area (Å²) in [5, 5.41) is 2.70. The van der Waals surface area contributed by atoms with E-state index in [4.69, 9.17) is 0 Å². The predicted molar refractivity (Wildman–Crippen MR) is 91.4 cm³/mol. The van der Waals surface area contributed by atoms with Crippen LogP contribution in [0.1, 0.15) is 11.1 Å².